The van der Waals surface area contributed by atoms with Crippen molar-refractivity contribution in [2.45, 2.75) is 26.2 Å². The number of Topliss-reactive ketones (excluding diaryl/α,β-unsaturated/α-hetero) is 1. The van der Waals surface area contributed by atoms with Crippen LogP contribution in [0.1, 0.15) is 34.8 Å². The Kier molecular flexibility index (Phi) is 4.05. The van der Waals surface area contributed by atoms with E-state index in [0.717, 1.165) is 30.6 Å². The van der Waals surface area contributed by atoms with Gasteiger partial charge in [0, 0.05) is 11.5 Å². The minimum atomic E-state index is 0.0878. The summed E-state index contributed by atoms with van der Waals surface area (Å²) >= 11 is 0. The zero-order valence-corrected chi connectivity index (χ0v) is 12.3. The van der Waals surface area contributed by atoms with Crippen LogP contribution in [0.25, 0.3) is 0 Å². The first kappa shape index (κ1) is 13.9. The van der Waals surface area contributed by atoms with Crippen molar-refractivity contribution in [1.82, 2.24) is 0 Å². The van der Waals surface area contributed by atoms with E-state index in [9.17, 15) is 4.79 Å². The third-order valence-electron chi connectivity index (χ3n) is 4.03. The highest BCUT2D eigenvalue weighted by atomic mass is 16.5. The Hall–Kier alpha value is -2.09. The summed E-state index contributed by atoms with van der Waals surface area (Å²) in [7, 11) is 0. The molecule has 1 aliphatic carbocycles. The quantitative estimate of drug-likeness (QED) is 0.772. The first-order valence-corrected chi connectivity index (χ1v) is 7.62. The molecule has 3 rings (SSSR count). The van der Waals surface area contributed by atoms with Gasteiger partial charge in [0.05, 0.1) is 6.61 Å². The summed E-state index contributed by atoms with van der Waals surface area (Å²) < 4.78 is 5.55. The molecule has 0 atom stereocenters. The maximum atomic E-state index is 12.6. The molecule has 108 valence electrons. The monoisotopic (exact) mass is 280 g/mol. The second-order valence-corrected chi connectivity index (χ2v) is 5.61. The van der Waals surface area contributed by atoms with E-state index in [4.69, 9.17) is 4.74 Å². The molecule has 0 fully saturated rings. The van der Waals surface area contributed by atoms with Gasteiger partial charge in [-0.25, -0.2) is 0 Å². The van der Waals surface area contributed by atoms with Gasteiger partial charge in [-0.2, -0.15) is 0 Å². The van der Waals surface area contributed by atoms with Gasteiger partial charge in [-0.05, 0) is 54.7 Å². The molecule has 0 saturated heterocycles. The first-order chi connectivity index (χ1) is 10.3. The first-order valence-electron chi connectivity index (χ1n) is 7.62. The average molecular weight is 280 g/mol. The average Bonchev–Trinajstić information content (AvgIpc) is 2.96. The Balaban J connectivity index is 1.69. The van der Waals surface area contributed by atoms with Crippen LogP contribution in [0.5, 0.6) is 5.75 Å². The van der Waals surface area contributed by atoms with Crippen LogP contribution in [-0.4, -0.2) is 12.4 Å². The van der Waals surface area contributed by atoms with Crippen LogP contribution in [0.3, 0.4) is 0 Å². The highest BCUT2D eigenvalue weighted by Gasteiger charge is 2.27. The predicted molar refractivity (Wildman–Crippen MR) is 83.9 cm³/mol. The number of hydrogen-bond acceptors (Lipinski definition) is 2. The molecule has 0 saturated carbocycles. The molecule has 0 N–H and O–H groups in total. The molecule has 0 aromatic heterocycles. The van der Waals surface area contributed by atoms with E-state index in [1.54, 1.807) is 0 Å². The Morgan fingerprint density at radius 3 is 2.24 bits per heavy atom. The van der Waals surface area contributed by atoms with Crippen molar-refractivity contribution in [2.24, 2.45) is 5.92 Å². The Morgan fingerprint density at radius 2 is 1.67 bits per heavy atom. The van der Waals surface area contributed by atoms with Gasteiger partial charge < -0.3 is 4.74 Å². The lowest BCUT2D eigenvalue weighted by molar-refractivity contribution is 0.0924. The molecule has 0 unspecified atom stereocenters. The largest absolute Gasteiger partial charge is 0.494 e. The normalized spacial score (nSPS) is 14.0. The Labute approximate surface area is 125 Å². The number of carbonyl (C=O) groups excluding carboxylic acids is 1. The number of rotatable bonds is 5. The summed E-state index contributed by atoms with van der Waals surface area (Å²) in [5, 5.41) is 0. The lowest BCUT2D eigenvalue weighted by Gasteiger charge is -2.09. The Bertz CT molecular complexity index is 603. The summed E-state index contributed by atoms with van der Waals surface area (Å²) in [6.45, 7) is 2.79. The number of hydrogen-bond donors (Lipinski definition) is 0. The van der Waals surface area contributed by atoms with E-state index < -0.39 is 0 Å². The number of fused-ring (bicyclic) bond motifs is 1. The van der Waals surface area contributed by atoms with Crippen LogP contribution in [0.2, 0.25) is 0 Å². The Morgan fingerprint density at radius 1 is 1.05 bits per heavy atom. The van der Waals surface area contributed by atoms with Gasteiger partial charge >= 0.3 is 0 Å². The third kappa shape index (κ3) is 2.99. The van der Waals surface area contributed by atoms with Gasteiger partial charge in [-0.3, -0.25) is 4.79 Å². The van der Waals surface area contributed by atoms with Crippen LogP contribution < -0.4 is 4.74 Å². The van der Waals surface area contributed by atoms with Gasteiger partial charge in [0.2, 0.25) is 0 Å². The van der Waals surface area contributed by atoms with Crippen LogP contribution in [0.15, 0.2) is 48.5 Å². The van der Waals surface area contributed by atoms with Crippen molar-refractivity contribution in [3.63, 3.8) is 0 Å². The maximum Gasteiger partial charge on any atom is 0.166 e. The molecule has 2 heteroatoms. The minimum Gasteiger partial charge on any atom is -0.494 e. The molecule has 2 aromatic rings. The zero-order valence-electron chi connectivity index (χ0n) is 12.3. The van der Waals surface area contributed by atoms with Crippen molar-refractivity contribution in [3.05, 3.63) is 65.2 Å². The highest BCUT2D eigenvalue weighted by Crippen LogP contribution is 2.29. The van der Waals surface area contributed by atoms with Gasteiger partial charge in [0.15, 0.2) is 5.78 Å². The van der Waals surface area contributed by atoms with Crippen molar-refractivity contribution in [2.75, 3.05) is 6.61 Å². The van der Waals surface area contributed by atoms with Crippen LogP contribution in [0, 0.1) is 5.92 Å². The van der Waals surface area contributed by atoms with Gasteiger partial charge in [-0.1, -0.05) is 31.2 Å². The van der Waals surface area contributed by atoms with Crippen LogP contribution >= 0.6 is 0 Å². The predicted octanol–water partition coefficient (Wildman–Crippen LogP) is 4.07. The minimum absolute atomic E-state index is 0.0878. The van der Waals surface area contributed by atoms with Crippen molar-refractivity contribution in [3.8, 4) is 5.75 Å². The molecule has 1 aliphatic rings. The van der Waals surface area contributed by atoms with Gasteiger partial charge in [0.25, 0.3) is 0 Å². The summed E-state index contributed by atoms with van der Waals surface area (Å²) in [5.41, 5.74) is 3.43. The second kappa shape index (κ2) is 6.13. The molecule has 0 aliphatic heterocycles. The molecule has 0 amide bonds. The third-order valence-corrected chi connectivity index (χ3v) is 4.03. The molecule has 0 radical (unpaired) electrons. The lowest BCUT2D eigenvalue weighted by Crippen LogP contribution is -2.14. The molecule has 21 heavy (non-hydrogen) atoms. The molecule has 2 nitrogen and oxygen atoms in total. The zero-order chi connectivity index (χ0) is 14.7. The van der Waals surface area contributed by atoms with Crippen molar-refractivity contribution < 1.29 is 9.53 Å². The van der Waals surface area contributed by atoms with Crippen LogP contribution in [0.4, 0.5) is 0 Å². The number of ketones is 1. The number of carbonyl (C=O) groups is 1. The van der Waals surface area contributed by atoms with E-state index in [0.29, 0.717) is 6.61 Å². The SMILES string of the molecule is CCCOc1ccc(C(=O)C2Cc3ccccc3C2)cc1. The summed E-state index contributed by atoms with van der Waals surface area (Å²) in [5.74, 6) is 1.17. The van der Waals surface area contributed by atoms with E-state index in [2.05, 4.69) is 19.1 Å². The number of ether oxygens (including phenoxy) is 1. The molecule has 0 heterocycles. The fourth-order valence-corrected chi connectivity index (χ4v) is 2.92. The van der Waals surface area contributed by atoms with E-state index in [1.807, 2.05) is 36.4 Å². The van der Waals surface area contributed by atoms with Gasteiger partial charge in [-0.15, -0.1) is 0 Å². The second-order valence-electron chi connectivity index (χ2n) is 5.61. The molecule has 0 spiro atoms. The van der Waals surface area contributed by atoms with Gasteiger partial charge in [0.1, 0.15) is 5.75 Å². The summed E-state index contributed by atoms with van der Waals surface area (Å²) in [6, 6.07) is 15.9. The summed E-state index contributed by atoms with van der Waals surface area (Å²) in [6.07, 6.45) is 2.72. The standard InChI is InChI=1S/C19H20O2/c1-2-11-21-18-9-7-14(8-10-18)19(20)17-12-15-5-3-4-6-16(15)13-17/h3-10,17H,2,11-13H2,1H3. The van der Waals surface area contributed by atoms with E-state index in [-0.39, 0.29) is 11.7 Å². The molecule has 2 aromatic carbocycles. The molecular formula is C19H20O2. The van der Waals surface area contributed by atoms with Crippen molar-refractivity contribution >= 4 is 5.78 Å². The van der Waals surface area contributed by atoms with Crippen molar-refractivity contribution in [1.29, 1.82) is 0 Å². The molecule has 0 bridgehead atoms. The summed E-state index contributed by atoms with van der Waals surface area (Å²) in [4.78, 5) is 12.6. The lowest BCUT2D eigenvalue weighted by atomic mass is 9.95. The molecular weight excluding hydrogens is 260 g/mol. The highest BCUT2D eigenvalue weighted by molar-refractivity contribution is 5.98. The maximum absolute atomic E-state index is 12.6. The fraction of sp³-hybridized carbons (Fsp3) is 0.316. The smallest absolute Gasteiger partial charge is 0.166 e. The van der Waals surface area contributed by atoms with E-state index in [1.165, 1.54) is 11.1 Å². The van der Waals surface area contributed by atoms with Crippen LogP contribution in [-0.2, 0) is 12.8 Å². The van der Waals surface area contributed by atoms with E-state index >= 15 is 0 Å². The topological polar surface area (TPSA) is 26.3 Å². The fourth-order valence-electron chi connectivity index (χ4n) is 2.92. The number of benzene rings is 2.